The van der Waals surface area contributed by atoms with Crippen LogP contribution in [-0.2, 0) is 13.0 Å². The normalized spacial score (nSPS) is 10.4. The van der Waals surface area contributed by atoms with E-state index in [9.17, 15) is 0 Å². The van der Waals surface area contributed by atoms with Crippen molar-refractivity contribution in [1.29, 1.82) is 0 Å². The molecule has 0 saturated heterocycles. The van der Waals surface area contributed by atoms with Gasteiger partial charge in [0.05, 0.1) is 19.8 Å². The Bertz CT molecular complexity index is 480. The lowest BCUT2D eigenvalue weighted by atomic mass is 10.2. The molecule has 6 heteroatoms. The fourth-order valence-corrected chi connectivity index (χ4v) is 2.47. The molecule has 0 aliphatic rings. The molecule has 5 nitrogen and oxygen atoms in total. The third-order valence-electron chi connectivity index (χ3n) is 2.73. The Kier molecular flexibility index (Phi) is 5.11. The van der Waals surface area contributed by atoms with Crippen LogP contribution >= 0.6 is 11.3 Å². The Morgan fingerprint density at radius 3 is 2.53 bits per heavy atom. The Morgan fingerprint density at radius 2 is 1.95 bits per heavy atom. The molecule has 0 bridgehead atoms. The highest BCUT2D eigenvalue weighted by Gasteiger charge is 2.11. The van der Waals surface area contributed by atoms with Crippen LogP contribution in [0.3, 0.4) is 0 Å². The summed E-state index contributed by atoms with van der Waals surface area (Å²) in [4.78, 5) is 8.17. The van der Waals surface area contributed by atoms with Crippen LogP contribution in [0, 0.1) is 0 Å². The number of ether oxygens (including phenoxy) is 2. The molecule has 0 saturated carbocycles. The Labute approximate surface area is 116 Å². The molecule has 0 unspecified atom stereocenters. The summed E-state index contributed by atoms with van der Waals surface area (Å²) in [5, 5.41) is 7.60. The summed E-state index contributed by atoms with van der Waals surface area (Å²) in [6.45, 7) is 1.51. The molecule has 19 heavy (non-hydrogen) atoms. The molecule has 0 spiro atoms. The van der Waals surface area contributed by atoms with Crippen molar-refractivity contribution in [3.63, 3.8) is 0 Å². The largest absolute Gasteiger partial charge is 0.481 e. The summed E-state index contributed by atoms with van der Waals surface area (Å²) in [5.74, 6) is 1.10. The highest BCUT2D eigenvalue weighted by molar-refractivity contribution is 7.07. The van der Waals surface area contributed by atoms with Crippen molar-refractivity contribution in [2.45, 2.75) is 13.0 Å². The molecule has 0 amide bonds. The molecule has 0 atom stereocenters. The van der Waals surface area contributed by atoms with Gasteiger partial charge in [-0.25, -0.2) is 9.97 Å². The summed E-state index contributed by atoms with van der Waals surface area (Å²) in [6, 6.07) is 2.14. The molecule has 1 N–H and O–H groups in total. The van der Waals surface area contributed by atoms with Gasteiger partial charge in [0.15, 0.2) is 0 Å². The van der Waals surface area contributed by atoms with E-state index < -0.39 is 0 Å². The summed E-state index contributed by atoms with van der Waals surface area (Å²) in [7, 11) is 3.19. The lowest BCUT2D eigenvalue weighted by Gasteiger charge is -2.11. The van der Waals surface area contributed by atoms with E-state index in [4.69, 9.17) is 9.47 Å². The minimum Gasteiger partial charge on any atom is -0.481 e. The number of nitrogens with one attached hydrogen (secondary N) is 1. The van der Waals surface area contributed by atoms with Crippen LogP contribution < -0.4 is 14.8 Å². The summed E-state index contributed by atoms with van der Waals surface area (Å²) < 4.78 is 10.4. The number of hydrogen-bond acceptors (Lipinski definition) is 6. The smallest absolute Gasteiger partial charge is 0.224 e. The lowest BCUT2D eigenvalue weighted by Crippen LogP contribution is -2.18. The number of hydrogen-bond donors (Lipinski definition) is 1. The molecule has 2 aromatic heterocycles. The SMILES string of the molecule is COc1ncnc(OC)c1CNCCc1ccsc1. The molecule has 102 valence electrons. The fourth-order valence-electron chi connectivity index (χ4n) is 1.77. The van der Waals surface area contributed by atoms with Crippen LogP contribution in [0.1, 0.15) is 11.1 Å². The first-order valence-corrected chi connectivity index (χ1v) is 6.93. The van der Waals surface area contributed by atoms with E-state index in [1.807, 2.05) is 0 Å². The van der Waals surface area contributed by atoms with E-state index in [-0.39, 0.29) is 0 Å². The Balaban J connectivity index is 1.91. The molecule has 2 heterocycles. The van der Waals surface area contributed by atoms with Crippen LogP contribution in [0.25, 0.3) is 0 Å². The maximum absolute atomic E-state index is 5.22. The number of thiophene rings is 1. The number of methoxy groups -OCH3 is 2. The van der Waals surface area contributed by atoms with Gasteiger partial charge in [-0.3, -0.25) is 0 Å². The molecule has 2 rings (SSSR count). The van der Waals surface area contributed by atoms with E-state index in [2.05, 4.69) is 32.1 Å². The van der Waals surface area contributed by atoms with Gasteiger partial charge in [0, 0.05) is 6.54 Å². The van der Waals surface area contributed by atoms with Gasteiger partial charge in [0.25, 0.3) is 0 Å². The number of rotatable bonds is 7. The molecule has 2 aromatic rings. The van der Waals surface area contributed by atoms with Gasteiger partial charge in [-0.2, -0.15) is 11.3 Å². The second kappa shape index (κ2) is 7.06. The zero-order valence-electron chi connectivity index (χ0n) is 11.0. The molecule has 0 fully saturated rings. The topological polar surface area (TPSA) is 56.3 Å². The van der Waals surface area contributed by atoms with Gasteiger partial charge in [-0.15, -0.1) is 0 Å². The number of aromatic nitrogens is 2. The zero-order valence-corrected chi connectivity index (χ0v) is 11.9. The first kappa shape index (κ1) is 13.8. The van der Waals surface area contributed by atoms with Crippen LogP contribution in [-0.4, -0.2) is 30.7 Å². The van der Waals surface area contributed by atoms with Crippen LogP contribution in [0.5, 0.6) is 11.8 Å². The summed E-state index contributed by atoms with van der Waals surface area (Å²) in [5.41, 5.74) is 2.19. The van der Waals surface area contributed by atoms with Crippen LogP contribution in [0.2, 0.25) is 0 Å². The predicted octanol–water partition coefficient (Wildman–Crippen LogP) is 1.89. The second-order valence-electron chi connectivity index (χ2n) is 3.93. The Morgan fingerprint density at radius 1 is 1.21 bits per heavy atom. The first-order chi connectivity index (χ1) is 9.35. The van der Waals surface area contributed by atoms with Crippen molar-refractivity contribution >= 4 is 11.3 Å². The molecule has 0 radical (unpaired) electrons. The van der Waals surface area contributed by atoms with E-state index >= 15 is 0 Å². The van der Waals surface area contributed by atoms with Gasteiger partial charge in [-0.05, 0) is 35.4 Å². The maximum Gasteiger partial charge on any atom is 0.224 e. The van der Waals surface area contributed by atoms with E-state index in [1.54, 1.807) is 25.6 Å². The monoisotopic (exact) mass is 279 g/mol. The van der Waals surface area contributed by atoms with Crippen molar-refractivity contribution in [2.75, 3.05) is 20.8 Å². The number of nitrogens with zero attached hydrogens (tertiary/aromatic N) is 2. The van der Waals surface area contributed by atoms with Gasteiger partial charge in [0.1, 0.15) is 6.33 Å². The average Bonchev–Trinajstić information content (AvgIpc) is 2.96. The van der Waals surface area contributed by atoms with Crippen molar-refractivity contribution < 1.29 is 9.47 Å². The van der Waals surface area contributed by atoms with Gasteiger partial charge in [-0.1, -0.05) is 0 Å². The van der Waals surface area contributed by atoms with E-state index in [1.165, 1.54) is 11.9 Å². The standard InChI is InChI=1S/C13H17N3O2S/c1-17-12-11(13(18-2)16-9-15-12)7-14-5-3-10-4-6-19-8-10/h4,6,8-9,14H,3,5,7H2,1-2H3. The van der Waals surface area contributed by atoms with Crippen LogP contribution in [0.4, 0.5) is 0 Å². The molecule has 0 aliphatic carbocycles. The highest BCUT2D eigenvalue weighted by atomic mass is 32.1. The van der Waals surface area contributed by atoms with Crippen molar-refractivity contribution in [2.24, 2.45) is 0 Å². The van der Waals surface area contributed by atoms with Crippen molar-refractivity contribution in [3.05, 3.63) is 34.3 Å². The van der Waals surface area contributed by atoms with E-state index in [0.717, 1.165) is 18.5 Å². The predicted molar refractivity (Wildman–Crippen MR) is 74.9 cm³/mol. The molecule has 0 aliphatic heterocycles. The van der Waals surface area contributed by atoms with Gasteiger partial charge >= 0.3 is 0 Å². The quantitative estimate of drug-likeness (QED) is 0.784. The second-order valence-corrected chi connectivity index (χ2v) is 4.71. The zero-order chi connectivity index (χ0) is 13.5. The highest BCUT2D eigenvalue weighted by Crippen LogP contribution is 2.22. The molecular weight excluding hydrogens is 262 g/mol. The molecular formula is C13H17N3O2S. The van der Waals surface area contributed by atoms with Crippen LogP contribution in [0.15, 0.2) is 23.2 Å². The first-order valence-electron chi connectivity index (χ1n) is 5.98. The third-order valence-corrected chi connectivity index (χ3v) is 3.46. The maximum atomic E-state index is 5.22. The third kappa shape index (κ3) is 3.65. The minimum absolute atomic E-state index is 0.551. The summed E-state index contributed by atoms with van der Waals surface area (Å²) in [6.07, 6.45) is 2.44. The lowest BCUT2D eigenvalue weighted by molar-refractivity contribution is 0.359. The summed E-state index contributed by atoms with van der Waals surface area (Å²) >= 11 is 1.72. The van der Waals surface area contributed by atoms with E-state index in [0.29, 0.717) is 18.3 Å². The van der Waals surface area contributed by atoms with Crippen molar-refractivity contribution in [1.82, 2.24) is 15.3 Å². The molecule has 0 aromatic carbocycles. The fraction of sp³-hybridized carbons (Fsp3) is 0.385. The van der Waals surface area contributed by atoms with Gasteiger partial charge in [0.2, 0.25) is 11.8 Å². The minimum atomic E-state index is 0.551. The van der Waals surface area contributed by atoms with Crippen molar-refractivity contribution in [3.8, 4) is 11.8 Å². The Hall–Kier alpha value is -1.66. The van der Waals surface area contributed by atoms with Gasteiger partial charge < -0.3 is 14.8 Å². The average molecular weight is 279 g/mol.